The van der Waals surface area contributed by atoms with E-state index in [0.717, 1.165) is 44.5 Å². The van der Waals surface area contributed by atoms with Gasteiger partial charge in [-0.15, -0.1) is 12.4 Å². The lowest BCUT2D eigenvalue weighted by atomic mass is 9.94. The van der Waals surface area contributed by atoms with Crippen LogP contribution in [0, 0.1) is 0 Å². The van der Waals surface area contributed by atoms with Crippen molar-refractivity contribution in [3.05, 3.63) is 30.3 Å². The van der Waals surface area contributed by atoms with Crippen LogP contribution in [-0.2, 0) is 4.79 Å². The summed E-state index contributed by atoms with van der Waals surface area (Å²) in [6.45, 7) is 5.48. The van der Waals surface area contributed by atoms with Crippen LogP contribution in [-0.4, -0.2) is 35.5 Å². The largest absolute Gasteiger partial charge is 0.381 e. The second-order valence-electron chi connectivity index (χ2n) is 6.27. The molecule has 1 fully saturated rings. The molecule has 0 aromatic heterocycles. The highest BCUT2D eigenvalue weighted by molar-refractivity contribution is 5.86. The number of amides is 1. The summed E-state index contributed by atoms with van der Waals surface area (Å²) in [4.78, 5) is 14.5. The molecule has 4 nitrogen and oxygen atoms in total. The Morgan fingerprint density at radius 1 is 1.41 bits per heavy atom. The molecule has 0 spiro atoms. The first-order chi connectivity index (χ1) is 10.0. The monoisotopic (exact) mass is 325 g/mol. The van der Waals surface area contributed by atoms with Crippen LogP contribution in [0.4, 0.5) is 5.69 Å². The standard InChI is InChI=1S/C17H27N3O.ClH/c1-3-11-17(2,18)16(21)20-12-7-10-15(13-20)19-14-8-5-4-6-9-14;/h4-6,8-9,15,19H,3,7,10-13,18H2,1-2H3;1H. The van der Waals surface area contributed by atoms with Gasteiger partial charge in [-0.2, -0.15) is 0 Å². The molecule has 1 aliphatic rings. The number of hydrogen-bond donors (Lipinski definition) is 2. The van der Waals surface area contributed by atoms with Crippen LogP contribution in [0.3, 0.4) is 0 Å². The van der Waals surface area contributed by atoms with E-state index in [9.17, 15) is 4.79 Å². The van der Waals surface area contributed by atoms with E-state index >= 15 is 0 Å². The molecule has 5 heteroatoms. The summed E-state index contributed by atoms with van der Waals surface area (Å²) < 4.78 is 0. The maximum absolute atomic E-state index is 12.6. The first-order valence-electron chi connectivity index (χ1n) is 7.93. The molecule has 1 amide bonds. The number of likely N-dealkylation sites (tertiary alicyclic amines) is 1. The molecule has 0 aliphatic carbocycles. The molecule has 124 valence electrons. The van der Waals surface area contributed by atoms with Crippen molar-refractivity contribution >= 4 is 24.0 Å². The molecule has 0 bridgehead atoms. The van der Waals surface area contributed by atoms with Gasteiger partial charge in [-0.25, -0.2) is 0 Å². The second kappa shape index (κ2) is 8.39. The van der Waals surface area contributed by atoms with Crippen LogP contribution in [0.5, 0.6) is 0 Å². The van der Waals surface area contributed by atoms with Crippen molar-refractivity contribution in [3.8, 4) is 0 Å². The SMILES string of the molecule is CCCC(C)(N)C(=O)N1CCCC(Nc2ccccc2)C1.Cl. The minimum Gasteiger partial charge on any atom is -0.381 e. The molecule has 0 radical (unpaired) electrons. The van der Waals surface area contributed by atoms with Crippen molar-refractivity contribution in [3.63, 3.8) is 0 Å². The maximum atomic E-state index is 12.6. The zero-order chi connectivity index (χ0) is 15.3. The molecular formula is C17H28ClN3O. The van der Waals surface area contributed by atoms with Crippen LogP contribution in [0.25, 0.3) is 0 Å². The number of nitrogens with zero attached hydrogens (tertiary/aromatic N) is 1. The number of rotatable bonds is 5. The number of halogens is 1. The van der Waals surface area contributed by atoms with Gasteiger partial charge >= 0.3 is 0 Å². The zero-order valence-electron chi connectivity index (χ0n) is 13.5. The number of nitrogens with one attached hydrogen (secondary N) is 1. The lowest BCUT2D eigenvalue weighted by Gasteiger charge is -2.38. The fourth-order valence-corrected chi connectivity index (χ4v) is 3.04. The number of carbonyl (C=O) groups is 1. The summed E-state index contributed by atoms with van der Waals surface area (Å²) in [7, 11) is 0. The van der Waals surface area contributed by atoms with Crippen molar-refractivity contribution < 1.29 is 4.79 Å². The maximum Gasteiger partial charge on any atom is 0.242 e. The Hall–Kier alpha value is -1.26. The molecule has 1 saturated heterocycles. The zero-order valence-corrected chi connectivity index (χ0v) is 14.4. The molecule has 2 unspecified atom stereocenters. The topological polar surface area (TPSA) is 58.4 Å². The van der Waals surface area contributed by atoms with Crippen molar-refractivity contribution in [1.29, 1.82) is 0 Å². The summed E-state index contributed by atoms with van der Waals surface area (Å²) >= 11 is 0. The summed E-state index contributed by atoms with van der Waals surface area (Å²) in [6, 6.07) is 10.5. The Morgan fingerprint density at radius 3 is 2.73 bits per heavy atom. The minimum atomic E-state index is -0.733. The van der Waals surface area contributed by atoms with Gasteiger partial charge in [0.05, 0.1) is 5.54 Å². The van der Waals surface area contributed by atoms with E-state index in [1.165, 1.54) is 0 Å². The number of para-hydroxylation sites is 1. The van der Waals surface area contributed by atoms with Crippen molar-refractivity contribution in [2.24, 2.45) is 5.73 Å². The number of hydrogen-bond acceptors (Lipinski definition) is 3. The molecule has 2 rings (SSSR count). The van der Waals surface area contributed by atoms with Crippen LogP contribution in [0.1, 0.15) is 39.5 Å². The number of nitrogens with two attached hydrogens (primary N) is 1. The molecule has 1 heterocycles. The molecule has 22 heavy (non-hydrogen) atoms. The lowest BCUT2D eigenvalue weighted by molar-refractivity contribution is -0.137. The van der Waals surface area contributed by atoms with Crippen LogP contribution in [0.2, 0.25) is 0 Å². The summed E-state index contributed by atoms with van der Waals surface area (Å²) in [5, 5.41) is 3.51. The van der Waals surface area contributed by atoms with E-state index in [0.29, 0.717) is 6.04 Å². The number of carbonyl (C=O) groups excluding carboxylic acids is 1. The molecular weight excluding hydrogens is 298 g/mol. The van der Waals surface area contributed by atoms with Gasteiger partial charge in [0.25, 0.3) is 0 Å². The van der Waals surface area contributed by atoms with E-state index in [1.807, 2.05) is 30.0 Å². The first kappa shape index (κ1) is 18.8. The highest BCUT2D eigenvalue weighted by atomic mass is 35.5. The lowest BCUT2D eigenvalue weighted by Crippen LogP contribution is -2.56. The number of benzene rings is 1. The fraction of sp³-hybridized carbons (Fsp3) is 0.588. The minimum absolute atomic E-state index is 0. The van der Waals surface area contributed by atoms with Crippen LogP contribution >= 0.6 is 12.4 Å². The molecule has 1 aromatic rings. The average Bonchev–Trinajstić information content (AvgIpc) is 2.48. The molecule has 3 N–H and O–H groups in total. The predicted molar refractivity (Wildman–Crippen MR) is 94.4 cm³/mol. The molecule has 2 atom stereocenters. The molecule has 1 aliphatic heterocycles. The summed E-state index contributed by atoms with van der Waals surface area (Å²) in [5.74, 6) is 0.0870. The van der Waals surface area contributed by atoms with Gasteiger partial charge in [0.15, 0.2) is 0 Å². The normalized spacial score (nSPS) is 20.7. The van der Waals surface area contributed by atoms with Gasteiger partial charge in [0.2, 0.25) is 5.91 Å². The summed E-state index contributed by atoms with van der Waals surface area (Å²) in [5.41, 5.74) is 6.57. The Labute approximate surface area is 139 Å². The Kier molecular flexibility index (Phi) is 7.17. The van der Waals surface area contributed by atoms with Crippen molar-refractivity contribution in [1.82, 2.24) is 4.90 Å². The fourth-order valence-electron chi connectivity index (χ4n) is 3.04. The van der Waals surface area contributed by atoms with E-state index < -0.39 is 5.54 Å². The molecule has 0 saturated carbocycles. The second-order valence-corrected chi connectivity index (χ2v) is 6.27. The van der Waals surface area contributed by atoms with Gasteiger partial charge in [-0.1, -0.05) is 31.5 Å². The van der Waals surface area contributed by atoms with Crippen molar-refractivity contribution in [2.45, 2.75) is 51.1 Å². The Balaban J connectivity index is 0.00000242. The van der Waals surface area contributed by atoms with Crippen molar-refractivity contribution in [2.75, 3.05) is 18.4 Å². The quantitative estimate of drug-likeness (QED) is 0.875. The van der Waals surface area contributed by atoms with Gasteiger partial charge in [0, 0.05) is 24.8 Å². The third kappa shape index (κ3) is 4.89. The van der Waals surface area contributed by atoms with Gasteiger partial charge in [0.1, 0.15) is 0 Å². The Bertz CT molecular complexity index is 464. The van der Waals surface area contributed by atoms with E-state index in [1.54, 1.807) is 0 Å². The van der Waals surface area contributed by atoms with Gasteiger partial charge in [-0.3, -0.25) is 4.79 Å². The highest BCUT2D eigenvalue weighted by Gasteiger charge is 2.34. The predicted octanol–water partition coefficient (Wildman–Crippen LogP) is 3.03. The van der Waals surface area contributed by atoms with Crippen LogP contribution in [0.15, 0.2) is 30.3 Å². The smallest absolute Gasteiger partial charge is 0.242 e. The van der Waals surface area contributed by atoms with E-state index in [4.69, 9.17) is 5.73 Å². The summed E-state index contributed by atoms with van der Waals surface area (Å²) in [6.07, 6.45) is 3.78. The van der Waals surface area contributed by atoms with Gasteiger partial charge in [-0.05, 0) is 38.3 Å². The third-order valence-corrected chi connectivity index (χ3v) is 4.11. The highest BCUT2D eigenvalue weighted by Crippen LogP contribution is 2.20. The molecule has 1 aromatic carbocycles. The van der Waals surface area contributed by atoms with E-state index in [-0.39, 0.29) is 18.3 Å². The number of anilines is 1. The van der Waals surface area contributed by atoms with Gasteiger partial charge < -0.3 is 16.0 Å². The third-order valence-electron chi connectivity index (χ3n) is 4.11. The Morgan fingerprint density at radius 2 is 2.09 bits per heavy atom. The van der Waals surface area contributed by atoms with Crippen LogP contribution < -0.4 is 11.1 Å². The average molecular weight is 326 g/mol. The van der Waals surface area contributed by atoms with E-state index in [2.05, 4.69) is 24.4 Å². The number of piperidine rings is 1. The first-order valence-corrected chi connectivity index (χ1v) is 7.93.